The van der Waals surface area contributed by atoms with Crippen LogP contribution in [-0.4, -0.2) is 60.8 Å². The fourth-order valence-corrected chi connectivity index (χ4v) is 4.39. The lowest BCUT2D eigenvalue weighted by atomic mass is 9.96. The van der Waals surface area contributed by atoms with Gasteiger partial charge >= 0.3 is 6.09 Å². The maximum Gasteiger partial charge on any atom is 0.409 e. The predicted molar refractivity (Wildman–Crippen MR) is 100 cm³/mol. The highest BCUT2D eigenvalue weighted by atomic mass is 32.1. The van der Waals surface area contributed by atoms with Gasteiger partial charge in [0.1, 0.15) is 0 Å². The third-order valence-corrected chi connectivity index (χ3v) is 5.84. The Kier molecular flexibility index (Phi) is 6.91. The molecule has 26 heavy (non-hydrogen) atoms. The topological polar surface area (TPSA) is 59.1 Å². The van der Waals surface area contributed by atoms with Crippen molar-refractivity contribution in [2.45, 2.75) is 45.3 Å². The molecule has 3 rings (SSSR count). The standard InChI is InChI=1S/C19H28N2O4S/c1-2-24-19(23)20-9-3-6-15(12-20)18(22)21(13-16-7-4-10-25-16)14-17-8-5-11-26-17/h5,8,11,15-16H,2-4,6-7,9-10,12-14H2,1H3. The number of thiophene rings is 1. The van der Waals surface area contributed by atoms with Gasteiger partial charge in [-0.1, -0.05) is 6.07 Å². The fraction of sp³-hybridized carbons (Fsp3) is 0.684. The van der Waals surface area contributed by atoms with Crippen molar-refractivity contribution in [2.75, 3.05) is 32.8 Å². The summed E-state index contributed by atoms with van der Waals surface area (Å²) in [7, 11) is 0. The first-order valence-corrected chi connectivity index (χ1v) is 10.4. The summed E-state index contributed by atoms with van der Waals surface area (Å²) in [6, 6.07) is 4.07. The number of hydrogen-bond donors (Lipinski definition) is 0. The molecule has 144 valence electrons. The maximum atomic E-state index is 13.2. The molecule has 2 fully saturated rings. The molecule has 2 aliphatic heterocycles. The zero-order chi connectivity index (χ0) is 18.4. The molecule has 3 heterocycles. The average Bonchev–Trinajstić information content (AvgIpc) is 3.35. The Morgan fingerprint density at radius 3 is 2.96 bits per heavy atom. The largest absolute Gasteiger partial charge is 0.450 e. The van der Waals surface area contributed by atoms with Gasteiger partial charge in [-0.3, -0.25) is 4.79 Å². The minimum Gasteiger partial charge on any atom is -0.450 e. The monoisotopic (exact) mass is 380 g/mol. The van der Waals surface area contributed by atoms with Crippen LogP contribution in [0.3, 0.4) is 0 Å². The Morgan fingerprint density at radius 1 is 1.38 bits per heavy atom. The normalized spacial score (nSPS) is 23.0. The second-order valence-corrected chi connectivity index (χ2v) is 7.95. The van der Waals surface area contributed by atoms with Crippen molar-refractivity contribution in [3.63, 3.8) is 0 Å². The van der Waals surface area contributed by atoms with Crippen LogP contribution in [0.1, 0.15) is 37.5 Å². The lowest BCUT2D eigenvalue weighted by Gasteiger charge is -2.35. The van der Waals surface area contributed by atoms with Crippen LogP contribution in [-0.2, 0) is 20.8 Å². The van der Waals surface area contributed by atoms with E-state index < -0.39 is 0 Å². The molecule has 2 saturated heterocycles. The molecular formula is C19H28N2O4S. The minimum atomic E-state index is -0.311. The number of carbonyl (C=O) groups is 2. The number of likely N-dealkylation sites (tertiary alicyclic amines) is 1. The number of ether oxygens (including phenoxy) is 2. The molecule has 7 heteroatoms. The number of carbonyl (C=O) groups excluding carboxylic acids is 2. The molecule has 2 amide bonds. The van der Waals surface area contributed by atoms with Gasteiger partial charge in [0.2, 0.25) is 5.91 Å². The third-order valence-electron chi connectivity index (χ3n) is 4.98. The molecular weight excluding hydrogens is 352 g/mol. The number of hydrogen-bond acceptors (Lipinski definition) is 5. The van der Waals surface area contributed by atoms with E-state index >= 15 is 0 Å². The molecule has 0 aliphatic carbocycles. The van der Waals surface area contributed by atoms with Crippen LogP contribution in [0.2, 0.25) is 0 Å². The first-order chi connectivity index (χ1) is 12.7. The van der Waals surface area contributed by atoms with Crippen molar-refractivity contribution in [3.8, 4) is 0 Å². The summed E-state index contributed by atoms with van der Waals surface area (Å²) in [5.74, 6) is -0.0302. The highest BCUT2D eigenvalue weighted by Gasteiger charge is 2.33. The van der Waals surface area contributed by atoms with Gasteiger partial charge in [-0.2, -0.15) is 0 Å². The molecule has 0 N–H and O–H groups in total. The lowest BCUT2D eigenvalue weighted by Crippen LogP contribution is -2.48. The second kappa shape index (κ2) is 9.37. The van der Waals surface area contributed by atoms with E-state index in [0.29, 0.717) is 32.8 Å². The summed E-state index contributed by atoms with van der Waals surface area (Å²) in [6.45, 7) is 5.31. The van der Waals surface area contributed by atoms with Crippen LogP contribution in [0.25, 0.3) is 0 Å². The zero-order valence-corrected chi connectivity index (χ0v) is 16.2. The van der Waals surface area contributed by atoms with Crippen LogP contribution in [0, 0.1) is 5.92 Å². The van der Waals surface area contributed by atoms with Crippen LogP contribution in [0.5, 0.6) is 0 Å². The summed E-state index contributed by atoms with van der Waals surface area (Å²) in [4.78, 5) is 30.0. The highest BCUT2D eigenvalue weighted by Crippen LogP contribution is 2.23. The molecule has 0 aromatic carbocycles. The summed E-state index contributed by atoms with van der Waals surface area (Å²) >= 11 is 1.67. The van der Waals surface area contributed by atoms with E-state index in [1.54, 1.807) is 23.2 Å². The molecule has 0 radical (unpaired) electrons. The Labute approximate surface area is 159 Å². The summed E-state index contributed by atoms with van der Waals surface area (Å²) in [5, 5.41) is 2.03. The van der Waals surface area contributed by atoms with E-state index in [1.807, 2.05) is 16.3 Å². The third kappa shape index (κ3) is 4.98. The first kappa shape index (κ1) is 19.2. The molecule has 1 aromatic heterocycles. The number of piperidine rings is 1. The fourth-order valence-electron chi connectivity index (χ4n) is 3.67. The van der Waals surface area contributed by atoms with Crippen molar-refractivity contribution in [3.05, 3.63) is 22.4 Å². The summed E-state index contributed by atoms with van der Waals surface area (Å²) in [6.07, 6.45) is 3.54. The predicted octanol–water partition coefficient (Wildman–Crippen LogP) is 3.12. The molecule has 1 aromatic rings. The van der Waals surface area contributed by atoms with Crippen LogP contribution >= 0.6 is 11.3 Å². The molecule has 0 saturated carbocycles. The van der Waals surface area contributed by atoms with E-state index in [-0.39, 0.29) is 24.0 Å². The van der Waals surface area contributed by atoms with Crippen molar-refractivity contribution in [1.82, 2.24) is 9.80 Å². The van der Waals surface area contributed by atoms with Gasteiger partial charge in [-0.05, 0) is 44.1 Å². The van der Waals surface area contributed by atoms with Crippen molar-refractivity contribution in [2.24, 2.45) is 5.92 Å². The SMILES string of the molecule is CCOC(=O)N1CCCC(C(=O)N(Cc2cccs2)CC2CCCO2)C1. The van der Waals surface area contributed by atoms with Crippen molar-refractivity contribution in [1.29, 1.82) is 0 Å². The van der Waals surface area contributed by atoms with E-state index in [9.17, 15) is 9.59 Å². The van der Waals surface area contributed by atoms with Gasteiger partial charge in [0, 0.05) is 31.1 Å². The summed E-state index contributed by atoms with van der Waals surface area (Å²) in [5.41, 5.74) is 0. The van der Waals surface area contributed by atoms with E-state index in [4.69, 9.17) is 9.47 Å². The number of nitrogens with zero attached hydrogens (tertiary/aromatic N) is 2. The van der Waals surface area contributed by atoms with Crippen molar-refractivity contribution < 1.29 is 19.1 Å². The Balaban J connectivity index is 1.65. The van der Waals surface area contributed by atoms with Gasteiger partial charge in [0.15, 0.2) is 0 Å². The van der Waals surface area contributed by atoms with E-state index in [2.05, 4.69) is 6.07 Å². The van der Waals surface area contributed by atoms with Gasteiger partial charge < -0.3 is 19.3 Å². The minimum absolute atomic E-state index is 0.128. The van der Waals surface area contributed by atoms with E-state index in [0.717, 1.165) is 32.3 Å². The number of rotatable bonds is 6. The summed E-state index contributed by atoms with van der Waals surface area (Å²) < 4.78 is 10.9. The van der Waals surface area contributed by atoms with Crippen molar-refractivity contribution >= 4 is 23.3 Å². The van der Waals surface area contributed by atoms with Crippen LogP contribution in [0.4, 0.5) is 4.79 Å². The lowest BCUT2D eigenvalue weighted by molar-refractivity contribution is -0.139. The van der Waals surface area contributed by atoms with E-state index in [1.165, 1.54) is 4.88 Å². The Morgan fingerprint density at radius 2 is 2.27 bits per heavy atom. The second-order valence-electron chi connectivity index (χ2n) is 6.92. The average molecular weight is 381 g/mol. The smallest absolute Gasteiger partial charge is 0.409 e. The number of amides is 2. The van der Waals surface area contributed by atoms with Gasteiger partial charge in [0.05, 0.1) is 25.2 Å². The first-order valence-electron chi connectivity index (χ1n) is 9.52. The van der Waals surface area contributed by atoms with Crippen LogP contribution in [0.15, 0.2) is 17.5 Å². The maximum absolute atomic E-state index is 13.2. The van der Waals surface area contributed by atoms with Crippen LogP contribution < -0.4 is 0 Å². The van der Waals surface area contributed by atoms with Gasteiger partial charge in [-0.15, -0.1) is 11.3 Å². The Hall–Kier alpha value is -1.60. The molecule has 0 spiro atoms. The highest BCUT2D eigenvalue weighted by molar-refractivity contribution is 7.09. The quantitative estimate of drug-likeness (QED) is 0.761. The van der Waals surface area contributed by atoms with Gasteiger partial charge in [-0.25, -0.2) is 4.79 Å². The molecule has 2 unspecified atom stereocenters. The molecule has 2 atom stereocenters. The zero-order valence-electron chi connectivity index (χ0n) is 15.4. The molecule has 6 nitrogen and oxygen atoms in total. The van der Waals surface area contributed by atoms with Gasteiger partial charge in [0.25, 0.3) is 0 Å². The Bertz CT molecular complexity index is 586. The molecule has 0 bridgehead atoms. The molecule has 2 aliphatic rings.